The summed E-state index contributed by atoms with van der Waals surface area (Å²) in [6.07, 6.45) is 4.09. The van der Waals surface area contributed by atoms with Crippen molar-refractivity contribution in [2.45, 2.75) is 24.8 Å². The van der Waals surface area contributed by atoms with Crippen LogP contribution in [0.1, 0.15) is 36.1 Å². The summed E-state index contributed by atoms with van der Waals surface area (Å²) in [5.74, 6) is 1.71. The van der Waals surface area contributed by atoms with E-state index < -0.39 is 0 Å². The van der Waals surface area contributed by atoms with Crippen LogP contribution in [0.3, 0.4) is 0 Å². The summed E-state index contributed by atoms with van der Waals surface area (Å²) in [5.41, 5.74) is 1.45. The predicted molar refractivity (Wildman–Crippen MR) is 67.9 cm³/mol. The first kappa shape index (κ1) is 10.6. The van der Waals surface area contributed by atoms with Crippen LogP contribution in [0, 0.1) is 0 Å². The van der Waals surface area contributed by atoms with Gasteiger partial charge in [0.25, 0.3) is 0 Å². The lowest BCUT2D eigenvalue weighted by molar-refractivity contribution is 0.322. The van der Waals surface area contributed by atoms with Crippen LogP contribution in [0.2, 0.25) is 0 Å². The monoisotopic (exact) mass is 227 g/mol. The fraction of sp³-hybridized carbons (Fsp3) is 0.333. The Labute approximate surface area is 102 Å². The topological polar surface area (TPSA) is 25.2 Å². The minimum atomic E-state index is 0.365. The number of piperidine rings is 1. The maximum atomic E-state index is 5.49. The molecule has 0 amide bonds. The van der Waals surface area contributed by atoms with Crippen molar-refractivity contribution < 1.29 is 4.42 Å². The first-order valence-electron chi connectivity index (χ1n) is 6.25. The van der Waals surface area contributed by atoms with Crippen molar-refractivity contribution in [2.75, 3.05) is 6.54 Å². The molecule has 0 spiro atoms. The van der Waals surface area contributed by atoms with Gasteiger partial charge in [-0.1, -0.05) is 30.3 Å². The van der Waals surface area contributed by atoms with Crippen molar-refractivity contribution in [3.8, 4) is 0 Å². The Morgan fingerprint density at radius 1 is 1.06 bits per heavy atom. The number of nitrogens with one attached hydrogen (secondary N) is 1. The van der Waals surface area contributed by atoms with Crippen LogP contribution >= 0.6 is 0 Å². The average molecular weight is 227 g/mol. The van der Waals surface area contributed by atoms with E-state index in [9.17, 15) is 0 Å². The molecule has 2 aromatic rings. The first-order chi connectivity index (χ1) is 8.43. The zero-order valence-electron chi connectivity index (χ0n) is 9.80. The molecule has 2 atom stereocenters. The van der Waals surface area contributed by atoms with Crippen molar-refractivity contribution in [1.82, 2.24) is 5.32 Å². The summed E-state index contributed by atoms with van der Waals surface area (Å²) in [6, 6.07) is 15.2. The van der Waals surface area contributed by atoms with Crippen LogP contribution in [0.15, 0.2) is 53.1 Å². The van der Waals surface area contributed by atoms with E-state index in [1.165, 1.54) is 12.0 Å². The highest BCUT2D eigenvalue weighted by Gasteiger charge is 2.25. The molecular formula is C15H17NO. The Balaban J connectivity index is 1.76. The Morgan fingerprint density at radius 2 is 1.94 bits per heavy atom. The molecule has 2 heteroatoms. The van der Waals surface area contributed by atoms with Gasteiger partial charge < -0.3 is 9.73 Å². The van der Waals surface area contributed by atoms with Crippen LogP contribution in [-0.4, -0.2) is 6.54 Å². The molecule has 1 aliphatic heterocycles. The predicted octanol–water partition coefficient (Wildman–Crippen LogP) is 3.49. The highest BCUT2D eigenvalue weighted by molar-refractivity contribution is 5.21. The van der Waals surface area contributed by atoms with E-state index in [-0.39, 0.29) is 0 Å². The average Bonchev–Trinajstić information content (AvgIpc) is 2.94. The molecule has 3 rings (SSSR count). The van der Waals surface area contributed by atoms with Gasteiger partial charge in [0.05, 0.1) is 12.3 Å². The Morgan fingerprint density at radius 3 is 2.71 bits per heavy atom. The number of rotatable bonds is 2. The summed E-state index contributed by atoms with van der Waals surface area (Å²) < 4.78 is 5.49. The highest BCUT2D eigenvalue weighted by Crippen LogP contribution is 2.33. The smallest absolute Gasteiger partial charge is 0.120 e. The third-order valence-corrected chi connectivity index (χ3v) is 3.56. The second-order valence-corrected chi connectivity index (χ2v) is 4.65. The van der Waals surface area contributed by atoms with Gasteiger partial charge in [-0.05, 0) is 43.0 Å². The molecule has 1 aromatic carbocycles. The van der Waals surface area contributed by atoms with Crippen LogP contribution < -0.4 is 5.32 Å². The highest BCUT2D eigenvalue weighted by atomic mass is 16.3. The van der Waals surface area contributed by atoms with Gasteiger partial charge in [-0.2, -0.15) is 0 Å². The Hall–Kier alpha value is -1.54. The SMILES string of the molecule is c1ccc([C@@H]2CCN[C@@H](c3ccco3)C2)cc1. The van der Waals surface area contributed by atoms with Crippen LogP contribution in [0.4, 0.5) is 0 Å². The largest absolute Gasteiger partial charge is 0.468 e. The molecule has 0 aliphatic carbocycles. The number of benzene rings is 1. The zero-order valence-corrected chi connectivity index (χ0v) is 9.80. The fourth-order valence-corrected chi connectivity index (χ4v) is 2.65. The van der Waals surface area contributed by atoms with E-state index in [2.05, 4.69) is 41.7 Å². The van der Waals surface area contributed by atoms with Gasteiger partial charge in [-0.25, -0.2) is 0 Å². The van der Waals surface area contributed by atoms with E-state index in [1.807, 2.05) is 6.07 Å². The maximum Gasteiger partial charge on any atom is 0.120 e. The molecule has 1 aromatic heterocycles. The summed E-state index contributed by atoms with van der Waals surface area (Å²) in [5, 5.41) is 3.53. The van der Waals surface area contributed by atoms with E-state index in [4.69, 9.17) is 4.42 Å². The number of hydrogen-bond acceptors (Lipinski definition) is 2. The van der Waals surface area contributed by atoms with Crippen molar-refractivity contribution in [1.29, 1.82) is 0 Å². The number of furan rings is 1. The van der Waals surface area contributed by atoms with Crippen molar-refractivity contribution in [3.05, 3.63) is 60.1 Å². The molecule has 17 heavy (non-hydrogen) atoms. The molecule has 1 fully saturated rings. The van der Waals surface area contributed by atoms with E-state index in [0.29, 0.717) is 12.0 Å². The van der Waals surface area contributed by atoms with Gasteiger partial charge >= 0.3 is 0 Å². The molecule has 0 bridgehead atoms. The summed E-state index contributed by atoms with van der Waals surface area (Å²) in [4.78, 5) is 0. The standard InChI is InChI=1S/C15H17NO/c1-2-5-12(6-3-1)13-8-9-16-14(11-13)15-7-4-10-17-15/h1-7,10,13-14,16H,8-9,11H2/t13-,14-/m1/s1. The van der Waals surface area contributed by atoms with Crippen LogP contribution in [-0.2, 0) is 0 Å². The Bertz CT molecular complexity index is 449. The lowest BCUT2D eigenvalue weighted by Gasteiger charge is -2.29. The third-order valence-electron chi connectivity index (χ3n) is 3.56. The van der Waals surface area contributed by atoms with Gasteiger partial charge in [0.1, 0.15) is 5.76 Å². The lowest BCUT2D eigenvalue weighted by Crippen LogP contribution is -2.30. The molecule has 1 N–H and O–H groups in total. The van der Waals surface area contributed by atoms with Crippen molar-refractivity contribution in [2.24, 2.45) is 0 Å². The maximum absolute atomic E-state index is 5.49. The molecule has 0 saturated carbocycles. The summed E-state index contributed by atoms with van der Waals surface area (Å²) >= 11 is 0. The van der Waals surface area contributed by atoms with Gasteiger partial charge in [-0.15, -0.1) is 0 Å². The van der Waals surface area contributed by atoms with Gasteiger partial charge in [-0.3, -0.25) is 0 Å². The number of hydrogen-bond donors (Lipinski definition) is 1. The molecule has 1 aliphatic rings. The minimum Gasteiger partial charge on any atom is -0.468 e. The lowest BCUT2D eigenvalue weighted by atomic mass is 9.86. The Kier molecular flexibility index (Phi) is 2.97. The molecule has 2 heterocycles. The molecule has 2 nitrogen and oxygen atoms in total. The third kappa shape index (κ3) is 2.27. The first-order valence-corrected chi connectivity index (χ1v) is 6.25. The quantitative estimate of drug-likeness (QED) is 0.849. The molecular weight excluding hydrogens is 210 g/mol. The van der Waals surface area contributed by atoms with Gasteiger partial charge in [0.2, 0.25) is 0 Å². The second-order valence-electron chi connectivity index (χ2n) is 4.65. The minimum absolute atomic E-state index is 0.365. The van der Waals surface area contributed by atoms with Gasteiger partial charge in [0, 0.05) is 0 Å². The van der Waals surface area contributed by atoms with E-state index in [0.717, 1.165) is 18.7 Å². The zero-order chi connectivity index (χ0) is 11.5. The molecule has 0 unspecified atom stereocenters. The summed E-state index contributed by atoms with van der Waals surface area (Å²) in [7, 11) is 0. The van der Waals surface area contributed by atoms with Gasteiger partial charge in [0.15, 0.2) is 0 Å². The normalized spacial score (nSPS) is 24.7. The molecule has 88 valence electrons. The van der Waals surface area contributed by atoms with Crippen LogP contribution in [0.5, 0.6) is 0 Å². The molecule has 1 saturated heterocycles. The second kappa shape index (κ2) is 4.76. The van der Waals surface area contributed by atoms with E-state index >= 15 is 0 Å². The summed E-state index contributed by atoms with van der Waals surface area (Å²) in [6.45, 7) is 1.06. The molecule has 0 radical (unpaired) electrons. The van der Waals surface area contributed by atoms with E-state index in [1.54, 1.807) is 6.26 Å². The fourth-order valence-electron chi connectivity index (χ4n) is 2.65. The van der Waals surface area contributed by atoms with Crippen molar-refractivity contribution >= 4 is 0 Å². The van der Waals surface area contributed by atoms with Crippen LogP contribution in [0.25, 0.3) is 0 Å². The van der Waals surface area contributed by atoms with Crippen molar-refractivity contribution in [3.63, 3.8) is 0 Å².